The summed E-state index contributed by atoms with van der Waals surface area (Å²) in [4.78, 5) is 26.6. The first-order chi connectivity index (χ1) is 18.1. The molecule has 9 rings (SSSR count). The standard InChI is InChI=1S/C31H36N4O2/c1-37-28-11-5-9-26(32-28)29-30(36)34(27-10-3-2-8-25(27)33-29)24-15-22-6-4-7-23(16-24)35(22)31-17-19-12-20(18-31)14-21(31)13-19/h2-3,5,8-11,19-24H,4,6-7,12-18H2,1H3/t19-,20+,21?,22?,23?,24?,31?. The van der Waals surface area contributed by atoms with Gasteiger partial charge in [0.05, 0.1) is 23.8 Å². The molecule has 6 fully saturated rings. The van der Waals surface area contributed by atoms with Gasteiger partial charge in [-0.2, -0.15) is 0 Å². The Hall–Kier alpha value is -2.73. The summed E-state index contributed by atoms with van der Waals surface area (Å²) in [7, 11) is 1.60. The number of hydrogen-bond donors (Lipinski definition) is 0. The molecule has 37 heavy (non-hydrogen) atoms. The first kappa shape index (κ1) is 22.3. The van der Waals surface area contributed by atoms with Gasteiger partial charge in [-0.3, -0.25) is 9.69 Å². The van der Waals surface area contributed by atoms with Crippen molar-refractivity contribution < 1.29 is 4.74 Å². The zero-order valence-corrected chi connectivity index (χ0v) is 21.7. The molecule has 4 unspecified atom stereocenters. The minimum atomic E-state index is -0.0185. The van der Waals surface area contributed by atoms with Crippen molar-refractivity contribution in [2.45, 2.75) is 87.9 Å². The predicted octanol–water partition coefficient (Wildman–Crippen LogP) is 5.60. The summed E-state index contributed by atoms with van der Waals surface area (Å²) >= 11 is 0. The van der Waals surface area contributed by atoms with Crippen molar-refractivity contribution in [3.05, 3.63) is 52.8 Å². The second kappa shape index (κ2) is 8.13. The van der Waals surface area contributed by atoms with Crippen molar-refractivity contribution in [1.82, 2.24) is 19.4 Å². The Bertz CT molecular complexity index is 1400. The van der Waals surface area contributed by atoms with E-state index < -0.39 is 0 Å². The van der Waals surface area contributed by atoms with Gasteiger partial charge in [0, 0.05) is 29.7 Å². The first-order valence-electron chi connectivity index (χ1n) is 14.4. The quantitative estimate of drug-likeness (QED) is 0.470. The summed E-state index contributed by atoms with van der Waals surface area (Å²) < 4.78 is 7.45. The normalized spacial score (nSPS) is 36.4. The average Bonchev–Trinajstić information content (AvgIpc) is 3.31. The first-order valence-corrected chi connectivity index (χ1v) is 14.4. The molecular weight excluding hydrogens is 460 g/mol. The molecular formula is C31H36N4O2. The highest BCUT2D eigenvalue weighted by molar-refractivity contribution is 5.77. The molecule has 4 heterocycles. The van der Waals surface area contributed by atoms with Crippen LogP contribution < -0.4 is 10.3 Å². The fourth-order valence-electron chi connectivity index (χ4n) is 9.81. The van der Waals surface area contributed by atoms with Crippen molar-refractivity contribution in [2.75, 3.05) is 7.11 Å². The summed E-state index contributed by atoms with van der Waals surface area (Å²) in [5.41, 5.74) is 3.27. The Balaban J connectivity index is 1.21. The van der Waals surface area contributed by atoms with Crippen LogP contribution in [0.2, 0.25) is 0 Å². The number of ether oxygens (including phenoxy) is 1. The number of piperidine rings is 2. The van der Waals surface area contributed by atoms with E-state index >= 15 is 0 Å². The zero-order chi connectivity index (χ0) is 24.7. The van der Waals surface area contributed by atoms with Gasteiger partial charge >= 0.3 is 0 Å². The van der Waals surface area contributed by atoms with Crippen LogP contribution in [0.25, 0.3) is 22.4 Å². The summed E-state index contributed by atoms with van der Waals surface area (Å²) in [6.07, 6.45) is 13.3. The number of fused-ring (bicyclic) bond motifs is 3. The summed E-state index contributed by atoms with van der Waals surface area (Å²) in [5.74, 6) is 3.37. The molecule has 6 atom stereocenters. The van der Waals surface area contributed by atoms with Gasteiger partial charge in [-0.1, -0.05) is 24.6 Å². The molecule has 6 nitrogen and oxygen atoms in total. The van der Waals surface area contributed by atoms with Gasteiger partial charge < -0.3 is 9.30 Å². The monoisotopic (exact) mass is 496 g/mol. The number of methoxy groups -OCH3 is 1. The third-order valence-electron chi connectivity index (χ3n) is 10.7. The molecule has 1 aromatic carbocycles. The van der Waals surface area contributed by atoms with Gasteiger partial charge in [-0.05, 0) is 93.7 Å². The number of nitrogens with zero attached hydrogens (tertiary/aromatic N) is 4. The van der Waals surface area contributed by atoms with Gasteiger partial charge in [-0.25, -0.2) is 9.97 Å². The van der Waals surface area contributed by atoms with Crippen LogP contribution in [0.15, 0.2) is 47.3 Å². The molecule has 192 valence electrons. The molecule has 6 bridgehead atoms. The maximum atomic E-state index is 14.2. The van der Waals surface area contributed by atoms with Crippen molar-refractivity contribution >= 4 is 11.0 Å². The molecule has 0 radical (unpaired) electrons. The lowest BCUT2D eigenvalue weighted by Gasteiger charge is -2.58. The summed E-state index contributed by atoms with van der Waals surface area (Å²) in [6, 6.07) is 15.1. The van der Waals surface area contributed by atoms with Crippen molar-refractivity contribution in [2.24, 2.45) is 17.8 Å². The van der Waals surface area contributed by atoms with Crippen molar-refractivity contribution in [3.63, 3.8) is 0 Å². The number of benzene rings is 1. The van der Waals surface area contributed by atoms with Crippen LogP contribution in [0.1, 0.15) is 70.3 Å². The van der Waals surface area contributed by atoms with E-state index in [0.717, 1.165) is 41.6 Å². The van der Waals surface area contributed by atoms with Crippen LogP contribution in [-0.4, -0.2) is 44.2 Å². The fraction of sp³-hybridized carbons (Fsp3) is 0.581. The Morgan fingerprint density at radius 1 is 0.865 bits per heavy atom. The molecule has 2 aromatic heterocycles. The smallest absolute Gasteiger partial charge is 0.279 e. The third kappa shape index (κ3) is 3.24. The van der Waals surface area contributed by atoms with Crippen LogP contribution in [0.5, 0.6) is 5.88 Å². The Morgan fingerprint density at radius 3 is 2.38 bits per heavy atom. The molecule has 6 heteroatoms. The van der Waals surface area contributed by atoms with Gasteiger partial charge in [0.15, 0.2) is 5.69 Å². The number of hydrogen-bond acceptors (Lipinski definition) is 5. The van der Waals surface area contributed by atoms with Crippen LogP contribution in [0, 0.1) is 17.8 Å². The zero-order valence-electron chi connectivity index (χ0n) is 21.7. The minimum Gasteiger partial charge on any atom is -0.481 e. The van der Waals surface area contributed by atoms with Crippen LogP contribution in [0.3, 0.4) is 0 Å². The van der Waals surface area contributed by atoms with E-state index in [0.29, 0.717) is 34.9 Å². The van der Waals surface area contributed by atoms with Gasteiger partial charge in [-0.15, -0.1) is 0 Å². The molecule has 4 saturated carbocycles. The number of para-hydroxylation sites is 2. The largest absolute Gasteiger partial charge is 0.481 e. The Morgan fingerprint density at radius 2 is 1.62 bits per heavy atom. The highest BCUT2D eigenvalue weighted by Crippen LogP contribution is 2.65. The third-order valence-corrected chi connectivity index (χ3v) is 10.7. The number of aromatic nitrogens is 3. The molecule has 2 aliphatic heterocycles. The van der Waals surface area contributed by atoms with Crippen molar-refractivity contribution in [1.29, 1.82) is 0 Å². The average molecular weight is 497 g/mol. The number of pyridine rings is 1. The molecule has 0 spiro atoms. The second-order valence-electron chi connectivity index (χ2n) is 12.6. The highest BCUT2D eigenvalue weighted by atomic mass is 16.5. The van der Waals surface area contributed by atoms with Gasteiger partial charge in [0.25, 0.3) is 5.56 Å². The minimum absolute atomic E-state index is 0.0185. The lowest BCUT2D eigenvalue weighted by atomic mass is 9.73. The maximum Gasteiger partial charge on any atom is 0.279 e. The van der Waals surface area contributed by atoms with Crippen molar-refractivity contribution in [3.8, 4) is 17.3 Å². The molecule has 2 saturated heterocycles. The van der Waals surface area contributed by atoms with E-state index in [1.54, 1.807) is 7.11 Å². The van der Waals surface area contributed by atoms with E-state index in [1.807, 2.05) is 36.4 Å². The topological polar surface area (TPSA) is 60.2 Å². The SMILES string of the molecule is COc1cccc(-c2nc3ccccc3n(C3CC4CCCC(C3)N4C34C[C@@H]5CC3C[C@@H](C5)C4)c2=O)n1. The van der Waals surface area contributed by atoms with Gasteiger partial charge in [0.1, 0.15) is 0 Å². The van der Waals surface area contributed by atoms with E-state index in [2.05, 4.69) is 20.5 Å². The molecule has 3 aromatic rings. The van der Waals surface area contributed by atoms with Gasteiger partial charge in [0.2, 0.25) is 5.88 Å². The van der Waals surface area contributed by atoms with Crippen LogP contribution in [0.4, 0.5) is 0 Å². The Labute approximate surface area is 218 Å². The van der Waals surface area contributed by atoms with E-state index in [1.165, 1.54) is 51.4 Å². The predicted molar refractivity (Wildman–Crippen MR) is 144 cm³/mol. The lowest BCUT2D eigenvalue weighted by Crippen LogP contribution is -2.63. The molecule has 6 aliphatic rings. The van der Waals surface area contributed by atoms with Crippen LogP contribution in [-0.2, 0) is 0 Å². The van der Waals surface area contributed by atoms with E-state index in [-0.39, 0.29) is 11.6 Å². The molecule has 4 aliphatic carbocycles. The molecule has 0 amide bonds. The number of rotatable bonds is 4. The second-order valence-corrected chi connectivity index (χ2v) is 12.6. The maximum absolute atomic E-state index is 14.2. The summed E-state index contributed by atoms with van der Waals surface area (Å²) in [5, 5.41) is 0. The summed E-state index contributed by atoms with van der Waals surface area (Å²) in [6.45, 7) is 0. The highest BCUT2D eigenvalue weighted by Gasteiger charge is 2.63. The fourth-order valence-corrected chi connectivity index (χ4v) is 9.81. The van der Waals surface area contributed by atoms with Crippen LogP contribution >= 0.6 is 0 Å². The Kier molecular flexibility index (Phi) is 4.90. The lowest BCUT2D eigenvalue weighted by molar-refractivity contribution is -0.0816. The van der Waals surface area contributed by atoms with E-state index in [4.69, 9.17) is 9.72 Å². The van der Waals surface area contributed by atoms with E-state index in [9.17, 15) is 4.79 Å². The molecule has 0 N–H and O–H groups in total.